The van der Waals surface area contributed by atoms with Crippen LogP contribution in [-0.2, 0) is 12.6 Å². The Labute approximate surface area is 120 Å². The predicted molar refractivity (Wildman–Crippen MR) is 73.4 cm³/mol. The monoisotopic (exact) mass is 290 g/mol. The molecule has 2 aromatic carbocycles. The topological polar surface area (TPSA) is 17.1 Å². The quantitative estimate of drug-likeness (QED) is 0.742. The van der Waals surface area contributed by atoms with Gasteiger partial charge in [0, 0.05) is 5.56 Å². The molecular weight excluding hydrogens is 277 g/mol. The summed E-state index contributed by atoms with van der Waals surface area (Å²) in [7, 11) is 0. The van der Waals surface area contributed by atoms with Gasteiger partial charge in [0.2, 0.25) is 0 Å². The van der Waals surface area contributed by atoms with Crippen molar-refractivity contribution in [1.82, 2.24) is 0 Å². The molecule has 0 aromatic heterocycles. The van der Waals surface area contributed by atoms with Crippen molar-refractivity contribution in [2.45, 2.75) is 25.4 Å². The number of hydrogen-bond donors (Lipinski definition) is 0. The number of carbonyl (C=O) groups excluding carboxylic acids is 1. The fraction of sp³-hybridized carbons (Fsp3) is 0.235. The first-order chi connectivity index (χ1) is 9.88. The summed E-state index contributed by atoms with van der Waals surface area (Å²) in [5.41, 5.74) is 2.16. The number of hydrogen-bond acceptors (Lipinski definition) is 1. The standard InChI is InChI=1S/C17H13F3O/c1-10-8-12(17(18,19)20)6-7-13(10)16(21)15-9-11-4-2-3-5-14(11)15/h2-8,15H,9H2,1H3. The molecule has 0 radical (unpaired) electrons. The zero-order valence-corrected chi connectivity index (χ0v) is 11.4. The summed E-state index contributed by atoms with van der Waals surface area (Å²) >= 11 is 0. The van der Waals surface area contributed by atoms with Crippen molar-refractivity contribution < 1.29 is 18.0 Å². The van der Waals surface area contributed by atoms with E-state index in [1.807, 2.05) is 24.3 Å². The van der Waals surface area contributed by atoms with E-state index in [0.29, 0.717) is 17.5 Å². The molecule has 3 rings (SSSR count). The fourth-order valence-corrected chi connectivity index (χ4v) is 2.80. The molecule has 0 bridgehead atoms. The van der Waals surface area contributed by atoms with Gasteiger partial charge in [0.05, 0.1) is 11.5 Å². The minimum Gasteiger partial charge on any atom is -0.293 e. The maximum Gasteiger partial charge on any atom is 0.416 e. The molecule has 4 heteroatoms. The van der Waals surface area contributed by atoms with E-state index in [2.05, 4.69) is 0 Å². The Morgan fingerprint density at radius 3 is 2.48 bits per heavy atom. The molecule has 1 nitrogen and oxygen atoms in total. The first kappa shape index (κ1) is 13.9. The summed E-state index contributed by atoms with van der Waals surface area (Å²) in [4.78, 5) is 12.5. The van der Waals surface area contributed by atoms with Gasteiger partial charge in [-0.15, -0.1) is 0 Å². The second kappa shape index (κ2) is 4.72. The highest BCUT2D eigenvalue weighted by Crippen LogP contribution is 2.38. The molecule has 1 atom stereocenters. The maximum absolute atomic E-state index is 12.6. The summed E-state index contributed by atoms with van der Waals surface area (Å²) in [5.74, 6) is -0.323. The van der Waals surface area contributed by atoms with Gasteiger partial charge < -0.3 is 0 Å². The maximum atomic E-state index is 12.6. The summed E-state index contributed by atoms with van der Waals surface area (Å²) in [6.45, 7) is 1.55. The normalized spacial score (nSPS) is 17.0. The Morgan fingerprint density at radius 2 is 1.86 bits per heavy atom. The highest BCUT2D eigenvalue weighted by Gasteiger charge is 2.34. The molecule has 0 N–H and O–H groups in total. The molecule has 21 heavy (non-hydrogen) atoms. The van der Waals surface area contributed by atoms with Crippen molar-refractivity contribution in [3.63, 3.8) is 0 Å². The molecule has 0 heterocycles. The van der Waals surface area contributed by atoms with E-state index in [1.54, 1.807) is 6.92 Å². The first-order valence-corrected chi connectivity index (χ1v) is 6.68. The highest BCUT2D eigenvalue weighted by molar-refractivity contribution is 6.03. The van der Waals surface area contributed by atoms with E-state index in [4.69, 9.17) is 0 Å². The number of halogens is 3. The van der Waals surface area contributed by atoms with Crippen molar-refractivity contribution in [2.24, 2.45) is 0 Å². The lowest BCUT2D eigenvalue weighted by Crippen LogP contribution is -2.25. The van der Waals surface area contributed by atoms with Crippen molar-refractivity contribution in [3.05, 3.63) is 70.3 Å². The molecule has 1 unspecified atom stereocenters. The zero-order chi connectivity index (χ0) is 15.2. The molecule has 0 aliphatic heterocycles. The van der Waals surface area contributed by atoms with Gasteiger partial charge in [-0.25, -0.2) is 0 Å². The second-order valence-corrected chi connectivity index (χ2v) is 5.35. The van der Waals surface area contributed by atoms with E-state index >= 15 is 0 Å². The third-order valence-corrected chi connectivity index (χ3v) is 3.99. The Balaban J connectivity index is 1.91. The second-order valence-electron chi connectivity index (χ2n) is 5.35. The van der Waals surface area contributed by atoms with Crippen molar-refractivity contribution in [3.8, 4) is 0 Å². The number of ketones is 1. The fourth-order valence-electron chi connectivity index (χ4n) is 2.80. The van der Waals surface area contributed by atoms with Gasteiger partial charge in [-0.1, -0.05) is 30.3 Å². The van der Waals surface area contributed by atoms with Crippen LogP contribution in [0, 0.1) is 6.92 Å². The van der Waals surface area contributed by atoms with Crippen LogP contribution in [0.4, 0.5) is 13.2 Å². The third kappa shape index (κ3) is 2.35. The number of fused-ring (bicyclic) bond motifs is 1. The molecule has 1 aliphatic rings. The Hall–Kier alpha value is -2.10. The van der Waals surface area contributed by atoms with Crippen LogP contribution < -0.4 is 0 Å². The largest absolute Gasteiger partial charge is 0.416 e. The number of benzene rings is 2. The van der Waals surface area contributed by atoms with Gasteiger partial charge in [-0.2, -0.15) is 13.2 Å². The van der Waals surface area contributed by atoms with Crippen LogP contribution in [0.25, 0.3) is 0 Å². The van der Waals surface area contributed by atoms with E-state index < -0.39 is 11.7 Å². The molecule has 108 valence electrons. The lowest BCUT2D eigenvalue weighted by atomic mass is 9.73. The minimum absolute atomic E-state index is 0.0973. The molecule has 0 saturated carbocycles. The smallest absolute Gasteiger partial charge is 0.293 e. The zero-order valence-electron chi connectivity index (χ0n) is 11.4. The summed E-state index contributed by atoms with van der Waals surface area (Å²) in [6.07, 6.45) is -3.72. The average Bonchev–Trinajstić information content (AvgIpc) is 2.38. The van der Waals surface area contributed by atoms with Crippen LogP contribution in [0.2, 0.25) is 0 Å². The van der Waals surface area contributed by atoms with Gasteiger partial charge in [0.1, 0.15) is 0 Å². The number of rotatable bonds is 2. The van der Waals surface area contributed by atoms with Crippen molar-refractivity contribution in [1.29, 1.82) is 0 Å². The SMILES string of the molecule is Cc1cc(C(F)(F)F)ccc1C(=O)C1Cc2ccccc21. The number of aryl methyl sites for hydroxylation is 1. The van der Waals surface area contributed by atoms with Gasteiger partial charge >= 0.3 is 6.18 Å². The van der Waals surface area contributed by atoms with E-state index in [-0.39, 0.29) is 11.7 Å². The number of alkyl halides is 3. The molecule has 0 spiro atoms. The Morgan fingerprint density at radius 1 is 1.14 bits per heavy atom. The number of carbonyl (C=O) groups is 1. The molecule has 0 fully saturated rings. The molecule has 0 saturated heterocycles. The molecule has 1 aliphatic carbocycles. The Bertz CT molecular complexity index is 716. The average molecular weight is 290 g/mol. The predicted octanol–water partition coefficient (Wildman–Crippen LogP) is 4.54. The van der Waals surface area contributed by atoms with Gasteiger partial charge in [0.15, 0.2) is 5.78 Å². The van der Waals surface area contributed by atoms with Crippen LogP contribution in [0.5, 0.6) is 0 Å². The minimum atomic E-state index is -4.38. The Kier molecular flexibility index (Phi) is 3.12. The summed E-state index contributed by atoms with van der Waals surface area (Å²) in [6, 6.07) is 11.0. The molecule has 0 amide bonds. The lowest BCUT2D eigenvalue weighted by molar-refractivity contribution is -0.137. The lowest BCUT2D eigenvalue weighted by Gasteiger charge is -2.29. The van der Waals surface area contributed by atoms with Crippen LogP contribution in [0.1, 0.15) is 38.5 Å². The van der Waals surface area contributed by atoms with Gasteiger partial charge in [0.25, 0.3) is 0 Å². The van der Waals surface area contributed by atoms with E-state index in [1.165, 1.54) is 6.07 Å². The van der Waals surface area contributed by atoms with Crippen LogP contribution in [0.15, 0.2) is 42.5 Å². The first-order valence-electron chi connectivity index (χ1n) is 6.68. The van der Waals surface area contributed by atoms with Crippen molar-refractivity contribution >= 4 is 5.78 Å². The number of Topliss-reactive ketones (excluding diaryl/α,β-unsaturated/α-hetero) is 1. The van der Waals surface area contributed by atoms with Crippen LogP contribution in [-0.4, -0.2) is 5.78 Å². The summed E-state index contributed by atoms with van der Waals surface area (Å²) in [5, 5.41) is 0. The highest BCUT2D eigenvalue weighted by atomic mass is 19.4. The third-order valence-electron chi connectivity index (χ3n) is 3.99. The van der Waals surface area contributed by atoms with Crippen LogP contribution >= 0.6 is 0 Å². The van der Waals surface area contributed by atoms with Gasteiger partial charge in [-0.3, -0.25) is 4.79 Å². The van der Waals surface area contributed by atoms with Crippen molar-refractivity contribution in [2.75, 3.05) is 0 Å². The van der Waals surface area contributed by atoms with E-state index in [0.717, 1.165) is 23.3 Å². The molecule has 2 aromatic rings. The summed E-state index contributed by atoms with van der Waals surface area (Å²) < 4.78 is 37.9. The van der Waals surface area contributed by atoms with Crippen LogP contribution in [0.3, 0.4) is 0 Å². The van der Waals surface area contributed by atoms with E-state index in [9.17, 15) is 18.0 Å². The van der Waals surface area contributed by atoms with Gasteiger partial charge in [-0.05, 0) is 42.2 Å². The molecular formula is C17H13F3O.